The van der Waals surface area contributed by atoms with E-state index < -0.39 is 53.8 Å². The molecule has 4 aromatic rings. The Hall–Kier alpha value is -6.05. The zero-order valence-electron chi connectivity index (χ0n) is 34.5. The van der Waals surface area contributed by atoms with Crippen molar-refractivity contribution in [1.82, 2.24) is 40.4 Å². The van der Waals surface area contributed by atoms with Crippen LogP contribution >= 0.6 is 0 Å². The minimum absolute atomic E-state index is 0.0236. The molecule has 6 atom stereocenters. The number of carbonyl (C=O) groups is 4. The summed E-state index contributed by atoms with van der Waals surface area (Å²) < 4.78 is 52.4. The van der Waals surface area contributed by atoms with Crippen LogP contribution in [0.2, 0.25) is 0 Å². The molecule has 2 aliphatic rings. The Morgan fingerprint density at radius 1 is 0.817 bits per heavy atom. The van der Waals surface area contributed by atoms with Gasteiger partial charge in [-0.3, -0.25) is 9.59 Å². The largest absolute Gasteiger partial charge is 0.453 e. The predicted molar refractivity (Wildman–Crippen MR) is 216 cm³/mol. The Balaban J connectivity index is 1.20. The van der Waals surface area contributed by atoms with E-state index in [0.29, 0.717) is 56.6 Å². The predicted octanol–water partition coefficient (Wildman–Crippen LogP) is 7.24. The number of aromatic nitrogens is 4. The second-order valence-electron chi connectivity index (χ2n) is 15.4. The molecule has 2 aromatic carbocycles. The quantitative estimate of drug-likeness (QED) is 0.115. The number of hydrogen-bond donors (Lipinski definition) is 4. The van der Waals surface area contributed by atoms with Crippen molar-refractivity contribution in [2.75, 3.05) is 27.3 Å². The van der Waals surface area contributed by atoms with Crippen LogP contribution in [0, 0.1) is 23.7 Å². The molecule has 0 spiro atoms. The number of halogens is 3. The van der Waals surface area contributed by atoms with E-state index in [9.17, 15) is 32.3 Å². The number of methoxy groups -OCH3 is 2. The van der Waals surface area contributed by atoms with E-state index in [4.69, 9.17) is 9.47 Å². The maximum Gasteiger partial charge on any atom is 0.436 e. The highest BCUT2D eigenvalue weighted by Crippen LogP contribution is 2.37. The van der Waals surface area contributed by atoms with Gasteiger partial charge < -0.3 is 39.9 Å². The fourth-order valence-electron chi connectivity index (χ4n) is 7.85. The third-order valence-electron chi connectivity index (χ3n) is 11.6. The van der Waals surface area contributed by atoms with Gasteiger partial charge in [-0.05, 0) is 72.4 Å². The van der Waals surface area contributed by atoms with Crippen LogP contribution in [0.4, 0.5) is 22.8 Å². The van der Waals surface area contributed by atoms with E-state index in [0.717, 1.165) is 28.5 Å². The van der Waals surface area contributed by atoms with Gasteiger partial charge in [0.2, 0.25) is 11.8 Å². The molecule has 0 aliphatic carbocycles. The first-order valence-electron chi connectivity index (χ1n) is 20.2. The second-order valence-corrected chi connectivity index (χ2v) is 15.4. The van der Waals surface area contributed by atoms with Gasteiger partial charge in [-0.2, -0.15) is 13.2 Å². The van der Waals surface area contributed by atoms with Crippen molar-refractivity contribution in [2.45, 2.75) is 96.6 Å². The van der Waals surface area contributed by atoms with Crippen molar-refractivity contribution < 1.29 is 41.8 Å². The summed E-state index contributed by atoms with van der Waals surface area (Å²) in [7, 11) is 2.46. The molecule has 0 saturated carbocycles. The van der Waals surface area contributed by atoms with E-state index in [1.807, 2.05) is 52.0 Å². The zero-order valence-corrected chi connectivity index (χ0v) is 34.5. The minimum Gasteiger partial charge on any atom is -0.453 e. The second kappa shape index (κ2) is 18.5. The maximum absolute atomic E-state index is 14.3. The lowest BCUT2D eigenvalue weighted by Crippen LogP contribution is -2.51. The first-order valence-corrected chi connectivity index (χ1v) is 20.2. The van der Waals surface area contributed by atoms with E-state index in [1.165, 1.54) is 19.1 Å². The fourth-order valence-corrected chi connectivity index (χ4v) is 7.85. The molecule has 4 heterocycles. The molecule has 320 valence electrons. The molecule has 2 aliphatic heterocycles. The van der Waals surface area contributed by atoms with Gasteiger partial charge in [-0.15, -0.1) is 0 Å². The number of alkyl carbamates (subject to hydrolysis) is 2. The standard InChI is InChI=1S/C43H51F3N8O6/c1-7-24(3)34(50-41(57)59-5)39(55)53-19-9-11-32(53)37-47-23-31(49-37)29-17-16-27-21-26(13-15-28(27)22-29)14-18-30-36(43(44,45)46)52-38(48-30)33-12-10-20-54(33)40(56)35(25(4)8-2)51-42(58)60-6/h13,15-17,21-25,32-35H,7-12,19-20H2,1-6H3,(H,47,49)(H,48,52)(H,50,57)(H,51,58)/t24-,25+,32?,33?,34-,35-/m0/s1. The number of amides is 4. The fraction of sp³-hybridized carbons (Fsp3) is 0.488. The van der Waals surface area contributed by atoms with Gasteiger partial charge in [0.05, 0.1) is 38.2 Å². The highest BCUT2D eigenvalue weighted by Gasteiger charge is 2.42. The smallest absolute Gasteiger partial charge is 0.436 e. The molecule has 4 N–H and O–H groups in total. The average molecular weight is 833 g/mol. The SMILES string of the molecule is CC[C@@H](C)[C@H](NC(=O)OC)C(=O)N1CCCC1c1nc(C(F)(F)F)c(C#Cc2ccc3cc(-c4cnc(C5CCCN5C(=O)[C@@H](NC(=O)OC)[C@@H](C)CC)[nH]4)ccc3c2)[nH]1. The highest BCUT2D eigenvalue weighted by molar-refractivity contribution is 5.89. The maximum atomic E-state index is 14.3. The van der Waals surface area contributed by atoms with Crippen LogP contribution in [0.1, 0.15) is 107 Å². The van der Waals surface area contributed by atoms with Gasteiger partial charge >= 0.3 is 18.4 Å². The highest BCUT2D eigenvalue weighted by atomic mass is 19.4. The summed E-state index contributed by atoms with van der Waals surface area (Å²) >= 11 is 0. The molecule has 2 unspecified atom stereocenters. The Bertz CT molecular complexity index is 2280. The Morgan fingerprint density at radius 3 is 1.92 bits per heavy atom. The lowest BCUT2D eigenvalue weighted by atomic mass is 9.97. The van der Waals surface area contributed by atoms with Crippen molar-refractivity contribution in [1.29, 1.82) is 0 Å². The summed E-state index contributed by atoms with van der Waals surface area (Å²) in [4.78, 5) is 69.5. The number of alkyl halides is 3. The normalized spacial score (nSPS) is 18.6. The summed E-state index contributed by atoms with van der Waals surface area (Å²) in [5.74, 6) is 5.15. The number of nitrogens with zero attached hydrogens (tertiary/aromatic N) is 4. The molecule has 2 saturated heterocycles. The number of fused-ring (bicyclic) bond motifs is 1. The molecule has 4 amide bonds. The molecular formula is C43H51F3N8O6. The van der Waals surface area contributed by atoms with Crippen molar-refractivity contribution in [3.8, 4) is 23.1 Å². The molecule has 6 rings (SSSR count). The Kier molecular flexibility index (Phi) is 13.4. The number of H-pyrrole nitrogens is 2. The first kappa shape index (κ1) is 43.5. The number of hydrogen-bond acceptors (Lipinski definition) is 8. The third kappa shape index (κ3) is 9.37. The topological polar surface area (TPSA) is 175 Å². The first-order chi connectivity index (χ1) is 28.7. The van der Waals surface area contributed by atoms with Crippen LogP contribution in [0.15, 0.2) is 42.6 Å². The van der Waals surface area contributed by atoms with Crippen LogP contribution in [-0.2, 0) is 25.2 Å². The van der Waals surface area contributed by atoms with E-state index in [1.54, 1.807) is 23.2 Å². The molecule has 0 bridgehead atoms. The molecule has 14 nitrogen and oxygen atoms in total. The van der Waals surface area contributed by atoms with E-state index >= 15 is 0 Å². The van der Waals surface area contributed by atoms with Gasteiger partial charge in [0.25, 0.3) is 0 Å². The average Bonchev–Trinajstić information content (AvgIpc) is 4.09. The monoisotopic (exact) mass is 832 g/mol. The van der Waals surface area contributed by atoms with Crippen molar-refractivity contribution in [3.05, 3.63) is 71.2 Å². The summed E-state index contributed by atoms with van der Waals surface area (Å²) in [6, 6.07) is 8.38. The number of benzene rings is 2. The van der Waals surface area contributed by atoms with Crippen molar-refractivity contribution >= 4 is 34.8 Å². The van der Waals surface area contributed by atoms with E-state index in [-0.39, 0.29) is 29.6 Å². The van der Waals surface area contributed by atoms with Gasteiger partial charge in [0.1, 0.15) is 29.4 Å². The van der Waals surface area contributed by atoms with Gasteiger partial charge in [-0.25, -0.2) is 19.6 Å². The Morgan fingerprint density at radius 2 is 1.37 bits per heavy atom. The summed E-state index contributed by atoms with van der Waals surface area (Å²) in [5.41, 5.74) is 0.490. The molecule has 0 radical (unpaired) electrons. The van der Waals surface area contributed by atoms with Crippen LogP contribution in [-0.4, -0.2) is 93.1 Å². The van der Waals surface area contributed by atoms with Gasteiger partial charge in [-0.1, -0.05) is 64.7 Å². The number of aromatic amines is 2. The summed E-state index contributed by atoms with van der Waals surface area (Å²) in [5, 5.41) is 6.96. The summed E-state index contributed by atoms with van der Waals surface area (Å²) in [6.45, 7) is 8.38. The van der Waals surface area contributed by atoms with Gasteiger partial charge in [0.15, 0.2) is 5.69 Å². The van der Waals surface area contributed by atoms with Crippen LogP contribution in [0.3, 0.4) is 0 Å². The number of imidazole rings is 2. The van der Waals surface area contributed by atoms with Crippen molar-refractivity contribution in [2.24, 2.45) is 11.8 Å². The van der Waals surface area contributed by atoms with Crippen molar-refractivity contribution in [3.63, 3.8) is 0 Å². The van der Waals surface area contributed by atoms with E-state index in [2.05, 4.69) is 42.4 Å². The van der Waals surface area contributed by atoms with Crippen LogP contribution in [0.25, 0.3) is 22.0 Å². The number of likely N-dealkylation sites (tertiary alicyclic amines) is 2. The molecule has 2 fully saturated rings. The number of rotatable bonds is 11. The lowest BCUT2D eigenvalue weighted by Gasteiger charge is -2.30. The molecule has 2 aromatic heterocycles. The molecule has 17 heteroatoms. The number of carbonyl (C=O) groups excluding carboxylic acids is 4. The zero-order chi connectivity index (χ0) is 43.3. The molecular weight excluding hydrogens is 782 g/mol. The minimum atomic E-state index is -4.81. The Labute approximate surface area is 346 Å². The summed E-state index contributed by atoms with van der Waals surface area (Å²) in [6.07, 6.45) is -0.837. The number of nitrogens with one attached hydrogen (secondary N) is 4. The van der Waals surface area contributed by atoms with Crippen LogP contribution < -0.4 is 10.6 Å². The number of ether oxygens (including phenoxy) is 2. The van der Waals surface area contributed by atoms with Crippen LogP contribution in [0.5, 0.6) is 0 Å². The third-order valence-corrected chi connectivity index (χ3v) is 11.6. The van der Waals surface area contributed by atoms with Gasteiger partial charge in [0, 0.05) is 24.2 Å². The molecule has 60 heavy (non-hydrogen) atoms. The lowest BCUT2D eigenvalue weighted by molar-refractivity contribution is -0.141.